The Hall–Kier alpha value is -1.54. The highest BCUT2D eigenvalue weighted by molar-refractivity contribution is 7.80. The van der Waals surface area contributed by atoms with Gasteiger partial charge in [-0.2, -0.15) is 0 Å². The van der Waals surface area contributed by atoms with Gasteiger partial charge < -0.3 is 0 Å². The molecule has 0 aliphatic heterocycles. The summed E-state index contributed by atoms with van der Waals surface area (Å²) in [7, 11) is 0. The highest BCUT2D eigenvalue weighted by atomic mass is 32.1. The fraction of sp³-hybridized carbons (Fsp3) is 0.0769. The van der Waals surface area contributed by atoms with Crippen LogP contribution in [0.1, 0.15) is 16.8 Å². The van der Waals surface area contributed by atoms with Crippen LogP contribution in [0, 0.1) is 0 Å². The molecule has 2 rings (SSSR count). The second-order valence-corrected chi connectivity index (χ2v) is 3.89. The maximum Gasteiger partial charge on any atom is 0.193 e. The number of rotatable bonds is 2. The van der Waals surface area contributed by atoms with Crippen molar-refractivity contribution in [3.8, 4) is 0 Å². The summed E-state index contributed by atoms with van der Waals surface area (Å²) in [4.78, 5) is 12.8. The molecule has 0 heterocycles. The molecule has 1 aromatic rings. The van der Waals surface area contributed by atoms with Gasteiger partial charge in [-0.3, -0.25) is 4.79 Å². The third-order valence-electron chi connectivity index (χ3n) is 2.23. The molecule has 0 aromatic heterocycles. The number of Topliss-reactive ketones (excluding diaryl/α,β-unsaturated/α-hetero) is 1. The maximum atomic E-state index is 12.0. The van der Waals surface area contributed by atoms with Crippen molar-refractivity contribution in [3.63, 3.8) is 0 Å². The van der Waals surface area contributed by atoms with Gasteiger partial charge in [-0.25, -0.2) is 0 Å². The lowest BCUT2D eigenvalue weighted by Crippen LogP contribution is -2.06. The topological polar surface area (TPSA) is 17.1 Å². The van der Waals surface area contributed by atoms with Gasteiger partial charge in [-0.1, -0.05) is 54.7 Å². The summed E-state index contributed by atoms with van der Waals surface area (Å²) in [6.45, 7) is 0. The van der Waals surface area contributed by atoms with E-state index in [1.807, 2.05) is 42.5 Å². The van der Waals surface area contributed by atoms with Crippen molar-refractivity contribution in [2.24, 2.45) is 0 Å². The molecule has 1 nitrogen and oxygen atoms in total. The Bertz CT molecular complexity index is 455. The second kappa shape index (κ2) is 4.32. The molecule has 0 spiro atoms. The first-order valence-corrected chi connectivity index (χ1v) is 5.19. The molecular formula is C13H10OS. The minimum absolute atomic E-state index is 0.0360. The van der Waals surface area contributed by atoms with Crippen LogP contribution in [-0.2, 0) is 0 Å². The van der Waals surface area contributed by atoms with Crippen molar-refractivity contribution in [1.82, 2.24) is 0 Å². The molecule has 0 saturated heterocycles. The highest BCUT2D eigenvalue weighted by Gasteiger charge is 2.11. The standard InChI is InChI=1S/C13H10OS/c14-13(10-5-2-1-3-6-10)11-7-4-8-12(15)9-11/h1-7,9H,8H2. The van der Waals surface area contributed by atoms with Gasteiger partial charge in [0.05, 0.1) is 0 Å². The van der Waals surface area contributed by atoms with E-state index in [0.717, 1.165) is 11.3 Å². The first kappa shape index (κ1) is 9.99. The van der Waals surface area contributed by atoms with Crippen LogP contribution in [-0.4, -0.2) is 10.6 Å². The van der Waals surface area contributed by atoms with Crippen molar-refractivity contribution < 1.29 is 4.79 Å². The zero-order chi connectivity index (χ0) is 10.7. The molecule has 15 heavy (non-hydrogen) atoms. The van der Waals surface area contributed by atoms with Crippen LogP contribution in [0.5, 0.6) is 0 Å². The number of benzene rings is 1. The van der Waals surface area contributed by atoms with Crippen LogP contribution >= 0.6 is 12.2 Å². The third kappa shape index (κ3) is 2.28. The molecule has 1 aliphatic rings. The molecular weight excluding hydrogens is 204 g/mol. The van der Waals surface area contributed by atoms with Crippen molar-refractivity contribution >= 4 is 22.9 Å². The molecule has 0 radical (unpaired) electrons. The Kier molecular flexibility index (Phi) is 2.88. The van der Waals surface area contributed by atoms with E-state index in [1.165, 1.54) is 0 Å². The number of hydrogen-bond acceptors (Lipinski definition) is 2. The lowest BCUT2D eigenvalue weighted by Gasteiger charge is -2.06. The lowest BCUT2D eigenvalue weighted by molar-refractivity contribution is 0.103. The zero-order valence-electron chi connectivity index (χ0n) is 8.14. The molecule has 1 aromatic carbocycles. The van der Waals surface area contributed by atoms with Crippen LogP contribution in [0.2, 0.25) is 0 Å². The summed E-state index contributed by atoms with van der Waals surface area (Å²) in [6, 6.07) is 9.24. The molecule has 2 heteroatoms. The smallest absolute Gasteiger partial charge is 0.193 e. The van der Waals surface area contributed by atoms with Crippen molar-refractivity contribution in [2.75, 3.05) is 0 Å². The summed E-state index contributed by atoms with van der Waals surface area (Å²) in [6.07, 6.45) is 6.31. The van der Waals surface area contributed by atoms with Gasteiger partial charge in [0, 0.05) is 22.4 Å². The van der Waals surface area contributed by atoms with Gasteiger partial charge in [-0.05, 0) is 6.08 Å². The number of thiocarbonyl (C=S) groups is 1. The maximum absolute atomic E-state index is 12.0. The Labute approximate surface area is 94.1 Å². The van der Waals surface area contributed by atoms with Crippen molar-refractivity contribution in [1.29, 1.82) is 0 Å². The van der Waals surface area contributed by atoms with Gasteiger partial charge >= 0.3 is 0 Å². The van der Waals surface area contributed by atoms with Crippen LogP contribution < -0.4 is 0 Å². The summed E-state index contributed by atoms with van der Waals surface area (Å²) in [5, 5.41) is 0. The summed E-state index contributed by atoms with van der Waals surface area (Å²) in [5.74, 6) is 0.0360. The zero-order valence-corrected chi connectivity index (χ0v) is 8.96. The van der Waals surface area contributed by atoms with Crippen molar-refractivity contribution in [2.45, 2.75) is 6.42 Å². The normalized spacial score (nSPS) is 14.9. The molecule has 1 aliphatic carbocycles. The summed E-state index contributed by atoms with van der Waals surface area (Å²) in [5.41, 5.74) is 1.38. The number of allylic oxidation sites excluding steroid dienone is 4. The molecule has 0 N–H and O–H groups in total. The first-order chi connectivity index (χ1) is 7.27. The number of hydrogen-bond donors (Lipinski definition) is 0. The third-order valence-corrected chi connectivity index (χ3v) is 2.52. The fourth-order valence-electron chi connectivity index (χ4n) is 1.48. The quantitative estimate of drug-likeness (QED) is 0.555. The molecule has 0 bridgehead atoms. The minimum Gasteiger partial charge on any atom is -0.289 e. The summed E-state index contributed by atoms with van der Waals surface area (Å²) >= 11 is 5.07. The molecule has 0 atom stereocenters. The molecule has 0 unspecified atom stereocenters. The molecule has 0 amide bonds. The van der Waals surface area contributed by atoms with Crippen LogP contribution in [0.3, 0.4) is 0 Å². The van der Waals surface area contributed by atoms with E-state index in [-0.39, 0.29) is 5.78 Å². The molecule has 74 valence electrons. The van der Waals surface area contributed by atoms with Gasteiger partial charge in [-0.15, -0.1) is 0 Å². The minimum atomic E-state index is 0.0360. The van der Waals surface area contributed by atoms with Gasteiger partial charge in [0.1, 0.15) is 0 Å². The number of carbonyl (C=O) groups is 1. The second-order valence-electron chi connectivity index (χ2n) is 3.37. The van der Waals surface area contributed by atoms with Crippen molar-refractivity contribution in [3.05, 3.63) is 59.7 Å². The predicted octanol–water partition coefficient (Wildman–Crippen LogP) is 3.13. The van der Waals surface area contributed by atoms with Crippen LogP contribution in [0.4, 0.5) is 0 Å². The van der Waals surface area contributed by atoms with E-state index in [9.17, 15) is 4.79 Å². The molecule has 0 fully saturated rings. The Morgan fingerprint density at radius 2 is 1.93 bits per heavy atom. The Morgan fingerprint density at radius 3 is 2.60 bits per heavy atom. The summed E-state index contributed by atoms with van der Waals surface area (Å²) < 4.78 is 0. The van der Waals surface area contributed by atoms with E-state index in [4.69, 9.17) is 12.2 Å². The lowest BCUT2D eigenvalue weighted by atomic mass is 9.98. The van der Waals surface area contributed by atoms with E-state index in [2.05, 4.69) is 0 Å². The fourth-order valence-corrected chi connectivity index (χ4v) is 1.70. The van der Waals surface area contributed by atoms with Gasteiger partial charge in [0.15, 0.2) is 5.78 Å². The first-order valence-electron chi connectivity index (χ1n) is 4.78. The van der Waals surface area contributed by atoms with E-state index in [1.54, 1.807) is 6.08 Å². The SMILES string of the molecule is O=C(C1=CC(=S)CC=C1)c1ccccc1. The predicted molar refractivity (Wildman–Crippen MR) is 65.2 cm³/mol. The van der Waals surface area contributed by atoms with Crippen LogP contribution in [0.25, 0.3) is 0 Å². The Balaban J connectivity index is 2.30. The van der Waals surface area contributed by atoms with E-state index in [0.29, 0.717) is 11.1 Å². The number of carbonyl (C=O) groups excluding carboxylic acids is 1. The largest absolute Gasteiger partial charge is 0.289 e. The average molecular weight is 214 g/mol. The van der Waals surface area contributed by atoms with Crippen LogP contribution in [0.15, 0.2) is 54.1 Å². The van der Waals surface area contributed by atoms with E-state index >= 15 is 0 Å². The van der Waals surface area contributed by atoms with Gasteiger partial charge in [0.2, 0.25) is 0 Å². The van der Waals surface area contributed by atoms with Gasteiger partial charge in [0.25, 0.3) is 0 Å². The molecule has 0 saturated carbocycles. The Morgan fingerprint density at radius 1 is 1.20 bits per heavy atom. The van der Waals surface area contributed by atoms with E-state index < -0.39 is 0 Å². The number of ketones is 1. The average Bonchev–Trinajstić information content (AvgIpc) is 2.29. The highest BCUT2D eigenvalue weighted by Crippen LogP contribution is 2.14. The monoisotopic (exact) mass is 214 g/mol.